The number of amides is 2. The Morgan fingerprint density at radius 2 is 2.03 bits per heavy atom. The third-order valence-corrected chi connectivity index (χ3v) is 6.52. The Bertz CT molecular complexity index is 1150. The molecule has 3 atom stereocenters. The molecule has 1 saturated heterocycles. The van der Waals surface area contributed by atoms with Gasteiger partial charge in [0.2, 0.25) is 5.43 Å². The Morgan fingerprint density at radius 3 is 2.80 bits per heavy atom. The number of nitrogens with zero attached hydrogens (tertiary/aromatic N) is 2. The maximum atomic E-state index is 13.8. The third kappa shape index (κ3) is 2.72. The van der Waals surface area contributed by atoms with Crippen molar-refractivity contribution in [1.82, 2.24) is 14.8 Å². The highest BCUT2D eigenvalue weighted by molar-refractivity contribution is 5.99. The van der Waals surface area contributed by atoms with Crippen LogP contribution in [-0.4, -0.2) is 38.5 Å². The van der Waals surface area contributed by atoms with Crippen molar-refractivity contribution in [2.75, 3.05) is 0 Å². The molecule has 3 aliphatic rings. The molecule has 2 aromatic rings. The van der Waals surface area contributed by atoms with E-state index >= 15 is 0 Å². The summed E-state index contributed by atoms with van der Waals surface area (Å²) in [7, 11) is 0. The molecule has 7 nitrogen and oxygen atoms in total. The standard InChI is InChI=1S/C21H19F2N3O4/c22-12-3-1-11(15(23)6-12)7-24-20(29)14-8-25-9-16-10-2-4-13(5-10)26(16)21(30)17(25)19(28)18(14)27/h1,3,6,8,10,13,16,28H,2,4-5,7,9H2,(H,24,29)/t10-,13+,16?/m0/s1. The number of aromatic nitrogens is 1. The zero-order valence-electron chi connectivity index (χ0n) is 15.9. The molecule has 3 heterocycles. The summed E-state index contributed by atoms with van der Waals surface area (Å²) in [6.07, 6.45) is 4.18. The van der Waals surface area contributed by atoms with E-state index in [4.69, 9.17) is 0 Å². The summed E-state index contributed by atoms with van der Waals surface area (Å²) in [6.45, 7) is 0.148. The van der Waals surface area contributed by atoms with Crippen LogP contribution in [0.2, 0.25) is 0 Å². The number of aromatic hydroxyl groups is 1. The van der Waals surface area contributed by atoms with E-state index in [1.165, 1.54) is 16.8 Å². The topological polar surface area (TPSA) is 91.6 Å². The second kappa shape index (κ2) is 6.65. The Balaban J connectivity index is 1.44. The van der Waals surface area contributed by atoms with Crippen LogP contribution < -0.4 is 10.7 Å². The number of hydrogen-bond acceptors (Lipinski definition) is 4. The van der Waals surface area contributed by atoms with Gasteiger partial charge in [0.1, 0.15) is 17.2 Å². The van der Waals surface area contributed by atoms with Gasteiger partial charge in [-0.3, -0.25) is 14.4 Å². The van der Waals surface area contributed by atoms with Gasteiger partial charge in [-0.15, -0.1) is 0 Å². The van der Waals surface area contributed by atoms with E-state index in [1.54, 1.807) is 4.90 Å². The highest BCUT2D eigenvalue weighted by Gasteiger charge is 2.51. The van der Waals surface area contributed by atoms with Crippen LogP contribution in [0.15, 0.2) is 29.2 Å². The zero-order valence-corrected chi connectivity index (χ0v) is 15.9. The van der Waals surface area contributed by atoms with Crippen LogP contribution in [0.5, 0.6) is 5.75 Å². The number of carbonyl (C=O) groups excluding carboxylic acids is 2. The van der Waals surface area contributed by atoms with E-state index in [1.807, 2.05) is 0 Å². The monoisotopic (exact) mass is 415 g/mol. The minimum absolute atomic E-state index is 0.00475. The van der Waals surface area contributed by atoms with Crippen molar-refractivity contribution in [1.29, 1.82) is 0 Å². The lowest BCUT2D eigenvalue weighted by atomic mass is 9.95. The predicted molar refractivity (Wildman–Crippen MR) is 101 cm³/mol. The zero-order chi connectivity index (χ0) is 21.2. The second-order valence-electron chi connectivity index (χ2n) is 8.15. The van der Waals surface area contributed by atoms with Crippen molar-refractivity contribution in [3.05, 3.63) is 63.1 Å². The van der Waals surface area contributed by atoms with Gasteiger partial charge in [-0.2, -0.15) is 0 Å². The van der Waals surface area contributed by atoms with Gasteiger partial charge < -0.3 is 19.9 Å². The maximum absolute atomic E-state index is 13.8. The van der Waals surface area contributed by atoms with Gasteiger partial charge >= 0.3 is 0 Å². The fourth-order valence-electron chi connectivity index (χ4n) is 5.08. The van der Waals surface area contributed by atoms with Crippen LogP contribution in [0.3, 0.4) is 0 Å². The number of piperidine rings is 1. The Labute approximate surface area is 169 Å². The van der Waals surface area contributed by atoms with E-state index in [9.17, 15) is 28.3 Å². The molecule has 1 aliphatic carbocycles. The van der Waals surface area contributed by atoms with Crippen LogP contribution in [0.25, 0.3) is 0 Å². The van der Waals surface area contributed by atoms with Crippen molar-refractivity contribution in [3.8, 4) is 5.75 Å². The molecule has 0 radical (unpaired) electrons. The molecule has 2 bridgehead atoms. The second-order valence-corrected chi connectivity index (χ2v) is 8.15. The molecule has 156 valence electrons. The van der Waals surface area contributed by atoms with Gasteiger partial charge in [-0.1, -0.05) is 6.07 Å². The maximum Gasteiger partial charge on any atom is 0.275 e. The first kappa shape index (κ1) is 18.8. The van der Waals surface area contributed by atoms with Crippen LogP contribution >= 0.6 is 0 Å². The lowest BCUT2D eigenvalue weighted by Gasteiger charge is -2.40. The average molecular weight is 415 g/mol. The van der Waals surface area contributed by atoms with E-state index in [-0.39, 0.29) is 41.4 Å². The Morgan fingerprint density at radius 1 is 1.23 bits per heavy atom. The quantitative estimate of drug-likeness (QED) is 0.799. The molecule has 2 fully saturated rings. The molecule has 1 unspecified atom stereocenters. The summed E-state index contributed by atoms with van der Waals surface area (Å²) in [4.78, 5) is 39.9. The molecular weight excluding hydrogens is 396 g/mol. The van der Waals surface area contributed by atoms with Crippen molar-refractivity contribution in [2.24, 2.45) is 5.92 Å². The number of hydrogen-bond donors (Lipinski definition) is 2. The lowest BCUT2D eigenvalue weighted by Crippen LogP contribution is -2.52. The predicted octanol–water partition coefficient (Wildman–Crippen LogP) is 1.77. The molecule has 30 heavy (non-hydrogen) atoms. The summed E-state index contributed by atoms with van der Waals surface area (Å²) >= 11 is 0. The molecule has 1 saturated carbocycles. The fourth-order valence-corrected chi connectivity index (χ4v) is 5.08. The summed E-state index contributed by atoms with van der Waals surface area (Å²) in [6, 6.07) is 3.11. The van der Waals surface area contributed by atoms with E-state index in [0.29, 0.717) is 18.5 Å². The van der Waals surface area contributed by atoms with Gasteiger partial charge in [0.05, 0.1) is 6.04 Å². The van der Waals surface area contributed by atoms with Gasteiger partial charge in [0, 0.05) is 37.0 Å². The molecule has 9 heteroatoms. The van der Waals surface area contributed by atoms with Crippen LogP contribution in [-0.2, 0) is 13.1 Å². The van der Waals surface area contributed by atoms with E-state index in [2.05, 4.69) is 5.32 Å². The first-order valence-electron chi connectivity index (χ1n) is 9.86. The number of benzene rings is 1. The number of fused-ring (bicyclic) bond motifs is 6. The summed E-state index contributed by atoms with van der Waals surface area (Å²) in [5.41, 5.74) is -1.32. The largest absolute Gasteiger partial charge is 0.503 e. The molecule has 2 amide bonds. The van der Waals surface area contributed by atoms with Gasteiger partial charge in [0.25, 0.3) is 11.8 Å². The smallest absolute Gasteiger partial charge is 0.275 e. The highest BCUT2D eigenvalue weighted by Crippen LogP contribution is 2.45. The van der Waals surface area contributed by atoms with Crippen molar-refractivity contribution >= 4 is 11.8 Å². The van der Waals surface area contributed by atoms with Crippen molar-refractivity contribution < 1.29 is 23.5 Å². The van der Waals surface area contributed by atoms with Gasteiger partial charge in [0.15, 0.2) is 11.4 Å². The minimum Gasteiger partial charge on any atom is -0.503 e. The number of rotatable bonds is 3. The first-order chi connectivity index (χ1) is 14.3. The van der Waals surface area contributed by atoms with Crippen LogP contribution in [0, 0.1) is 17.6 Å². The summed E-state index contributed by atoms with van der Waals surface area (Å²) < 4.78 is 28.3. The Kier molecular flexibility index (Phi) is 4.16. The van der Waals surface area contributed by atoms with Crippen molar-refractivity contribution in [3.63, 3.8) is 0 Å². The van der Waals surface area contributed by atoms with Crippen LogP contribution in [0.1, 0.15) is 45.7 Å². The normalized spacial score (nSPS) is 24.0. The number of carbonyl (C=O) groups is 2. The van der Waals surface area contributed by atoms with E-state index < -0.39 is 28.7 Å². The van der Waals surface area contributed by atoms with Gasteiger partial charge in [-0.25, -0.2) is 8.78 Å². The van der Waals surface area contributed by atoms with Crippen LogP contribution in [0.4, 0.5) is 8.78 Å². The molecule has 2 aliphatic heterocycles. The van der Waals surface area contributed by atoms with Crippen molar-refractivity contribution in [2.45, 2.75) is 44.4 Å². The number of nitrogens with one attached hydrogen (secondary N) is 1. The van der Waals surface area contributed by atoms with E-state index in [0.717, 1.165) is 25.3 Å². The fraction of sp³-hybridized carbons (Fsp3) is 0.381. The molecule has 0 spiro atoms. The number of pyridine rings is 1. The van der Waals surface area contributed by atoms with Gasteiger partial charge in [-0.05, 0) is 31.2 Å². The minimum atomic E-state index is -0.950. The number of halogens is 2. The highest BCUT2D eigenvalue weighted by atomic mass is 19.1. The average Bonchev–Trinajstić information content (AvgIpc) is 3.32. The summed E-state index contributed by atoms with van der Waals surface area (Å²) in [5, 5.41) is 12.8. The summed E-state index contributed by atoms with van der Waals surface area (Å²) in [5.74, 6) is -3.11. The molecule has 1 aromatic heterocycles. The molecule has 2 N–H and O–H groups in total. The third-order valence-electron chi connectivity index (χ3n) is 6.52. The molecular formula is C21H19F2N3O4. The Hall–Kier alpha value is -3.23. The lowest BCUT2D eigenvalue weighted by molar-refractivity contribution is 0.0482. The first-order valence-corrected chi connectivity index (χ1v) is 9.86. The molecule has 5 rings (SSSR count). The molecule has 1 aromatic carbocycles. The SMILES string of the molecule is O=C(NCc1ccc(F)cc1F)c1cn2c(c(O)c1=O)C(=O)N1C(C2)[C@H]2CC[C@@H]1C2.